The van der Waals surface area contributed by atoms with Gasteiger partial charge in [-0.3, -0.25) is 0 Å². The lowest BCUT2D eigenvalue weighted by Crippen LogP contribution is -2.00. The molecular weight excluding hydrogens is 687 g/mol. The molecule has 11 aromatic rings. The van der Waals surface area contributed by atoms with Crippen LogP contribution in [0.4, 0.5) is 0 Å². The van der Waals surface area contributed by atoms with Gasteiger partial charge in [-0.2, -0.15) is 5.10 Å². The van der Waals surface area contributed by atoms with Crippen LogP contribution in [0.25, 0.3) is 106 Å². The molecule has 4 aromatic heterocycles. The van der Waals surface area contributed by atoms with Crippen LogP contribution in [0, 0.1) is 0 Å². The Kier molecular flexibility index (Phi) is 7.38. The molecule has 0 radical (unpaired) electrons. The van der Waals surface area contributed by atoms with Gasteiger partial charge in [0.2, 0.25) is 0 Å². The maximum absolute atomic E-state index is 6.42. The molecule has 0 saturated carbocycles. The number of para-hydroxylation sites is 2. The van der Waals surface area contributed by atoms with Crippen molar-refractivity contribution in [3.05, 3.63) is 188 Å². The summed E-state index contributed by atoms with van der Waals surface area (Å²) in [7, 11) is 0. The lowest BCUT2D eigenvalue weighted by Gasteiger charge is -2.12. The zero-order valence-corrected chi connectivity index (χ0v) is 30.0. The summed E-state index contributed by atoms with van der Waals surface area (Å²) in [4.78, 5) is 15.1. The Hall–Kier alpha value is -7.70. The van der Waals surface area contributed by atoms with Crippen LogP contribution < -0.4 is 0 Å². The van der Waals surface area contributed by atoms with Crippen LogP contribution in [0.3, 0.4) is 0 Å². The second kappa shape index (κ2) is 13.0. The maximum atomic E-state index is 6.42. The van der Waals surface area contributed by atoms with Crippen LogP contribution in [0.15, 0.2) is 192 Å². The summed E-state index contributed by atoms with van der Waals surface area (Å²) in [6.07, 6.45) is 0. The molecule has 0 aliphatic rings. The van der Waals surface area contributed by atoms with Crippen LogP contribution in [-0.4, -0.2) is 24.6 Å². The zero-order valence-electron chi connectivity index (χ0n) is 30.0. The van der Waals surface area contributed by atoms with Crippen LogP contribution in [0.5, 0.6) is 0 Å². The van der Waals surface area contributed by atoms with Crippen molar-refractivity contribution >= 4 is 38.2 Å². The van der Waals surface area contributed by atoms with E-state index in [1.165, 1.54) is 0 Å². The van der Waals surface area contributed by atoms with Crippen LogP contribution in [0.1, 0.15) is 0 Å². The molecule has 6 nitrogen and oxygen atoms in total. The summed E-state index contributed by atoms with van der Waals surface area (Å²) >= 11 is 0. The van der Waals surface area contributed by atoms with Crippen LogP contribution in [-0.2, 0) is 0 Å². The molecule has 6 heteroatoms. The number of fused-ring (bicyclic) bond motifs is 6. The molecule has 0 spiro atoms. The predicted octanol–water partition coefficient (Wildman–Crippen LogP) is 12.6. The molecule has 0 aliphatic carbocycles. The Morgan fingerprint density at radius 2 is 0.964 bits per heavy atom. The van der Waals surface area contributed by atoms with Gasteiger partial charge in [0, 0.05) is 44.0 Å². The molecule has 0 amide bonds. The molecule has 0 unspecified atom stereocenters. The van der Waals surface area contributed by atoms with Crippen molar-refractivity contribution in [1.29, 1.82) is 0 Å². The molecule has 0 atom stereocenters. The van der Waals surface area contributed by atoms with E-state index in [0.29, 0.717) is 17.5 Å². The van der Waals surface area contributed by atoms with E-state index in [9.17, 15) is 0 Å². The van der Waals surface area contributed by atoms with Crippen molar-refractivity contribution in [2.24, 2.45) is 0 Å². The number of rotatable bonds is 6. The zero-order chi connectivity index (χ0) is 37.0. The Morgan fingerprint density at radius 1 is 0.411 bits per heavy atom. The molecule has 56 heavy (non-hydrogen) atoms. The van der Waals surface area contributed by atoms with Crippen LogP contribution >= 0.6 is 0 Å². The van der Waals surface area contributed by atoms with Crippen molar-refractivity contribution in [1.82, 2.24) is 24.6 Å². The van der Waals surface area contributed by atoms with Crippen molar-refractivity contribution in [3.63, 3.8) is 0 Å². The quantitative estimate of drug-likeness (QED) is 0.171. The number of pyridine rings is 1. The van der Waals surface area contributed by atoms with E-state index in [2.05, 4.69) is 126 Å². The van der Waals surface area contributed by atoms with Gasteiger partial charge in [0.25, 0.3) is 0 Å². The first kappa shape index (κ1) is 31.8. The van der Waals surface area contributed by atoms with Gasteiger partial charge in [-0.25, -0.2) is 19.5 Å². The third-order valence-corrected chi connectivity index (χ3v) is 10.5. The van der Waals surface area contributed by atoms with Gasteiger partial charge in [0.05, 0.1) is 16.8 Å². The summed E-state index contributed by atoms with van der Waals surface area (Å²) in [6, 6.07) is 64.5. The molecule has 0 saturated heterocycles. The highest BCUT2D eigenvalue weighted by Gasteiger charge is 2.22. The van der Waals surface area contributed by atoms with Crippen molar-refractivity contribution in [2.45, 2.75) is 0 Å². The van der Waals surface area contributed by atoms with Gasteiger partial charge < -0.3 is 4.42 Å². The molecule has 7 aromatic carbocycles. The van der Waals surface area contributed by atoms with E-state index in [1.807, 2.05) is 66.7 Å². The Balaban J connectivity index is 1.09. The summed E-state index contributed by atoms with van der Waals surface area (Å²) in [6.45, 7) is 0. The van der Waals surface area contributed by atoms with E-state index in [4.69, 9.17) is 24.5 Å². The second-order valence-electron chi connectivity index (χ2n) is 13.9. The Bertz CT molecular complexity index is 3230. The first-order valence-corrected chi connectivity index (χ1v) is 18.7. The number of aromatic nitrogens is 5. The molecule has 0 aliphatic heterocycles. The average Bonchev–Trinajstić information content (AvgIpc) is 3.87. The topological polar surface area (TPSA) is 69.1 Å². The van der Waals surface area contributed by atoms with Crippen LogP contribution in [0.2, 0.25) is 0 Å². The van der Waals surface area contributed by atoms with Gasteiger partial charge in [0.1, 0.15) is 16.9 Å². The fourth-order valence-corrected chi connectivity index (χ4v) is 7.83. The fourth-order valence-electron chi connectivity index (χ4n) is 7.83. The summed E-state index contributed by atoms with van der Waals surface area (Å²) < 4.78 is 8.53. The van der Waals surface area contributed by atoms with Gasteiger partial charge in [-0.15, -0.1) is 0 Å². The summed E-state index contributed by atoms with van der Waals surface area (Å²) in [5.41, 5.74) is 11.5. The lowest BCUT2D eigenvalue weighted by atomic mass is 9.97. The number of benzene rings is 7. The van der Waals surface area contributed by atoms with E-state index in [0.717, 1.165) is 88.6 Å². The first-order valence-electron chi connectivity index (χ1n) is 18.7. The number of hydrogen-bond acceptors (Lipinski definition) is 5. The maximum Gasteiger partial charge on any atom is 0.167 e. The Morgan fingerprint density at radius 3 is 1.70 bits per heavy atom. The van der Waals surface area contributed by atoms with E-state index in [1.54, 1.807) is 0 Å². The smallest absolute Gasteiger partial charge is 0.167 e. The van der Waals surface area contributed by atoms with Gasteiger partial charge in [-0.05, 0) is 29.1 Å². The van der Waals surface area contributed by atoms with E-state index >= 15 is 0 Å². The molecular formula is C50H31N5O. The minimum absolute atomic E-state index is 0.553. The van der Waals surface area contributed by atoms with Crippen molar-refractivity contribution in [2.75, 3.05) is 0 Å². The molecule has 0 N–H and O–H groups in total. The Labute approximate surface area is 322 Å². The minimum Gasteiger partial charge on any atom is -0.455 e. The normalized spacial score (nSPS) is 11.6. The van der Waals surface area contributed by atoms with Gasteiger partial charge in [0.15, 0.2) is 17.5 Å². The standard InChI is InChI=1S/C50H31N5O/c1-4-15-33(16-5-1)44-45(34-17-6-2-7-18-34)54-55-42(31-37-21-10-11-22-38(37)46(44)55)32-27-29-36(30-28-32)49-51-48(35-19-8-3-9-20-35)52-50(53-49)41-25-14-24-40-39-23-12-13-26-43(39)56-47(40)41/h1-31H. The number of hydrogen-bond donors (Lipinski definition) is 0. The molecule has 11 rings (SSSR count). The average molecular weight is 718 g/mol. The number of nitrogens with zero attached hydrogens (tertiary/aromatic N) is 5. The minimum atomic E-state index is 0.553. The predicted molar refractivity (Wildman–Crippen MR) is 226 cm³/mol. The second-order valence-corrected chi connectivity index (χ2v) is 13.9. The number of furan rings is 1. The van der Waals surface area contributed by atoms with Gasteiger partial charge >= 0.3 is 0 Å². The highest BCUT2D eigenvalue weighted by atomic mass is 16.3. The fraction of sp³-hybridized carbons (Fsp3) is 0. The third-order valence-electron chi connectivity index (χ3n) is 10.5. The van der Waals surface area contributed by atoms with Gasteiger partial charge in [-0.1, -0.05) is 170 Å². The summed E-state index contributed by atoms with van der Waals surface area (Å²) in [5, 5.41) is 9.75. The monoisotopic (exact) mass is 717 g/mol. The highest BCUT2D eigenvalue weighted by Crippen LogP contribution is 2.41. The SMILES string of the molecule is c1ccc(-c2nc(-c3ccc(-c4cc5ccccc5c5c(-c6ccccc6)c(-c6ccccc6)nn45)cc3)nc(-c3cccc4c3oc3ccccc34)n2)cc1. The molecule has 0 fully saturated rings. The van der Waals surface area contributed by atoms with E-state index < -0.39 is 0 Å². The molecule has 0 bridgehead atoms. The third kappa shape index (κ3) is 5.27. The van der Waals surface area contributed by atoms with E-state index in [-0.39, 0.29) is 0 Å². The van der Waals surface area contributed by atoms with Crippen molar-refractivity contribution < 1.29 is 4.42 Å². The lowest BCUT2D eigenvalue weighted by molar-refractivity contribution is 0.669. The largest absolute Gasteiger partial charge is 0.455 e. The summed E-state index contributed by atoms with van der Waals surface area (Å²) in [5.74, 6) is 1.73. The first-order chi connectivity index (χ1) is 27.8. The highest BCUT2D eigenvalue weighted by molar-refractivity contribution is 6.10. The molecule has 262 valence electrons. The molecule has 4 heterocycles. The van der Waals surface area contributed by atoms with Crippen molar-refractivity contribution in [3.8, 4) is 67.8 Å².